The Hall–Kier alpha value is -0.440. The highest BCUT2D eigenvalue weighted by Gasteiger charge is 2.07. The molecule has 0 aliphatic rings. The van der Waals surface area contributed by atoms with Crippen molar-refractivity contribution in [1.29, 1.82) is 0 Å². The van der Waals surface area contributed by atoms with E-state index in [1.807, 2.05) is 12.4 Å². The van der Waals surface area contributed by atoms with Crippen LogP contribution in [0.4, 0.5) is 0 Å². The van der Waals surface area contributed by atoms with Gasteiger partial charge in [0.15, 0.2) is 0 Å². The Labute approximate surface area is 57.0 Å². The summed E-state index contributed by atoms with van der Waals surface area (Å²) in [5.41, 5.74) is 0. The van der Waals surface area contributed by atoms with Gasteiger partial charge in [-0.3, -0.25) is 5.10 Å². The van der Waals surface area contributed by atoms with Crippen LogP contribution in [0.15, 0.2) is 17.3 Å². The molecule has 1 rings (SSSR count). The quantitative estimate of drug-likeness (QED) is 0.635. The second-order valence-corrected chi connectivity index (χ2v) is 6.92. The molecule has 3 heteroatoms. The van der Waals surface area contributed by atoms with Crippen LogP contribution in [-0.2, 0) is 0 Å². The third-order valence-corrected chi connectivity index (χ3v) is 2.82. The van der Waals surface area contributed by atoms with Gasteiger partial charge in [-0.2, -0.15) is 5.10 Å². The maximum Gasteiger partial charge on any atom is 0.0608 e. The third-order valence-electron chi connectivity index (χ3n) is 1.18. The molecule has 1 aromatic rings. The lowest BCUT2D eigenvalue weighted by Gasteiger charge is -2.22. The van der Waals surface area contributed by atoms with E-state index in [0.717, 1.165) is 0 Å². The summed E-state index contributed by atoms with van der Waals surface area (Å²) in [6.07, 6.45) is 10.6. The summed E-state index contributed by atoms with van der Waals surface area (Å²) in [6.45, 7) is 0. The van der Waals surface area contributed by atoms with Crippen LogP contribution in [0.1, 0.15) is 0 Å². The minimum Gasteiger partial charge on any atom is -0.285 e. The van der Waals surface area contributed by atoms with Crippen LogP contribution >= 0.6 is 10.0 Å². The fraction of sp³-hybridized carbons (Fsp3) is 0.500. The van der Waals surface area contributed by atoms with Gasteiger partial charge >= 0.3 is 0 Å². The predicted octanol–water partition coefficient (Wildman–Crippen LogP) is 1.46. The second-order valence-electron chi connectivity index (χ2n) is 2.77. The highest BCUT2D eigenvalue weighted by Crippen LogP contribution is 2.43. The fourth-order valence-electron chi connectivity index (χ4n) is 0.574. The molecule has 0 bridgehead atoms. The molecule has 0 radical (unpaired) electrons. The summed E-state index contributed by atoms with van der Waals surface area (Å²) in [5.74, 6) is 0. The largest absolute Gasteiger partial charge is 0.285 e. The standard InChI is InChI=1S/C6H12N2S/c1-9(2,3)6-4-7-8-5-6/h4-5H,1-3H3,(H,7,8). The molecule has 0 aliphatic heterocycles. The van der Waals surface area contributed by atoms with Crippen molar-refractivity contribution < 1.29 is 0 Å². The Morgan fingerprint density at radius 1 is 1.44 bits per heavy atom. The zero-order valence-corrected chi connectivity index (χ0v) is 6.83. The lowest BCUT2D eigenvalue weighted by molar-refractivity contribution is 1.09. The number of aromatic amines is 1. The molecule has 1 heterocycles. The fourth-order valence-corrected chi connectivity index (χ4v) is 1.35. The first-order chi connectivity index (χ1) is 4.11. The van der Waals surface area contributed by atoms with E-state index >= 15 is 0 Å². The van der Waals surface area contributed by atoms with Crippen molar-refractivity contribution in [2.45, 2.75) is 4.90 Å². The number of hydrogen-bond donors (Lipinski definition) is 1. The number of aromatic nitrogens is 2. The Morgan fingerprint density at radius 3 is 2.33 bits per heavy atom. The van der Waals surface area contributed by atoms with E-state index in [-0.39, 0.29) is 0 Å². The van der Waals surface area contributed by atoms with Crippen LogP contribution in [0.3, 0.4) is 0 Å². The topological polar surface area (TPSA) is 28.7 Å². The van der Waals surface area contributed by atoms with E-state index in [1.165, 1.54) is 4.90 Å². The van der Waals surface area contributed by atoms with Gasteiger partial charge in [-0.05, 0) is 18.8 Å². The number of H-pyrrole nitrogens is 1. The highest BCUT2D eigenvalue weighted by atomic mass is 32.3. The maximum atomic E-state index is 3.88. The summed E-state index contributed by atoms with van der Waals surface area (Å²) in [7, 11) is -0.553. The normalized spacial score (nSPS) is 13.7. The first-order valence-electron chi connectivity index (χ1n) is 2.78. The van der Waals surface area contributed by atoms with E-state index in [0.29, 0.717) is 0 Å². The molecule has 0 amide bonds. The molecule has 1 aromatic heterocycles. The summed E-state index contributed by atoms with van der Waals surface area (Å²) in [4.78, 5) is 1.34. The molecule has 0 saturated carbocycles. The molecule has 0 unspecified atom stereocenters. The van der Waals surface area contributed by atoms with Crippen LogP contribution in [0.5, 0.6) is 0 Å². The Bertz CT molecular complexity index is 173. The van der Waals surface area contributed by atoms with Gasteiger partial charge in [0.1, 0.15) is 0 Å². The molecule has 0 saturated heterocycles. The van der Waals surface area contributed by atoms with Crippen molar-refractivity contribution in [3.8, 4) is 0 Å². The average molecular weight is 144 g/mol. The van der Waals surface area contributed by atoms with E-state index in [9.17, 15) is 0 Å². The lowest BCUT2D eigenvalue weighted by Crippen LogP contribution is -1.89. The molecular weight excluding hydrogens is 132 g/mol. The summed E-state index contributed by atoms with van der Waals surface area (Å²) in [6, 6.07) is 0. The van der Waals surface area contributed by atoms with E-state index < -0.39 is 10.0 Å². The molecule has 52 valence electrons. The summed E-state index contributed by atoms with van der Waals surface area (Å²) < 4.78 is 0. The zero-order chi connectivity index (χ0) is 6.91. The minimum absolute atomic E-state index is 0.553. The van der Waals surface area contributed by atoms with Gasteiger partial charge in [-0.15, -0.1) is 0 Å². The second kappa shape index (κ2) is 2.06. The van der Waals surface area contributed by atoms with E-state index in [2.05, 4.69) is 29.0 Å². The van der Waals surface area contributed by atoms with Crippen molar-refractivity contribution in [2.75, 3.05) is 18.8 Å². The lowest BCUT2D eigenvalue weighted by atomic mass is 10.7. The van der Waals surface area contributed by atoms with Gasteiger partial charge in [0.2, 0.25) is 0 Å². The number of nitrogens with zero attached hydrogens (tertiary/aromatic N) is 1. The van der Waals surface area contributed by atoms with Crippen molar-refractivity contribution in [3.63, 3.8) is 0 Å². The average Bonchev–Trinajstić information content (AvgIpc) is 2.08. The predicted molar refractivity (Wildman–Crippen MR) is 42.2 cm³/mol. The molecule has 0 aromatic carbocycles. The van der Waals surface area contributed by atoms with Crippen LogP contribution in [0.25, 0.3) is 0 Å². The van der Waals surface area contributed by atoms with E-state index in [1.54, 1.807) is 0 Å². The summed E-state index contributed by atoms with van der Waals surface area (Å²) in [5, 5.41) is 6.69. The zero-order valence-electron chi connectivity index (χ0n) is 6.01. The van der Waals surface area contributed by atoms with Gasteiger partial charge in [0.25, 0.3) is 0 Å². The van der Waals surface area contributed by atoms with Gasteiger partial charge in [0, 0.05) is 11.1 Å². The SMILES string of the molecule is CS(C)(C)c1cn[nH]c1. The Balaban J connectivity index is 2.90. The van der Waals surface area contributed by atoms with Gasteiger partial charge < -0.3 is 0 Å². The molecule has 9 heavy (non-hydrogen) atoms. The van der Waals surface area contributed by atoms with Gasteiger partial charge in [-0.25, -0.2) is 10.0 Å². The monoisotopic (exact) mass is 144 g/mol. The highest BCUT2D eigenvalue weighted by molar-refractivity contribution is 8.32. The number of rotatable bonds is 1. The van der Waals surface area contributed by atoms with Crippen molar-refractivity contribution in [3.05, 3.63) is 12.4 Å². The number of hydrogen-bond acceptors (Lipinski definition) is 1. The third kappa shape index (κ3) is 1.48. The first-order valence-corrected chi connectivity index (χ1v) is 5.63. The van der Waals surface area contributed by atoms with Gasteiger partial charge in [-0.1, -0.05) is 0 Å². The molecule has 0 fully saturated rings. The van der Waals surface area contributed by atoms with Crippen molar-refractivity contribution >= 4 is 10.0 Å². The van der Waals surface area contributed by atoms with Crippen molar-refractivity contribution in [2.24, 2.45) is 0 Å². The first kappa shape index (κ1) is 6.68. The van der Waals surface area contributed by atoms with Gasteiger partial charge in [0.05, 0.1) is 6.20 Å². The molecule has 0 atom stereocenters. The van der Waals surface area contributed by atoms with E-state index in [4.69, 9.17) is 0 Å². The molecular formula is C6H12N2S. The number of nitrogens with one attached hydrogen (secondary N) is 1. The van der Waals surface area contributed by atoms with Crippen LogP contribution in [0.2, 0.25) is 0 Å². The van der Waals surface area contributed by atoms with Crippen LogP contribution in [0, 0.1) is 0 Å². The Morgan fingerprint density at radius 2 is 2.11 bits per heavy atom. The van der Waals surface area contributed by atoms with Crippen LogP contribution < -0.4 is 0 Å². The van der Waals surface area contributed by atoms with Crippen molar-refractivity contribution in [1.82, 2.24) is 10.2 Å². The smallest absolute Gasteiger partial charge is 0.0608 e. The molecule has 0 spiro atoms. The molecule has 0 aliphatic carbocycles. The molecule has 2 nitrogen and oxygen atoms in total. The summed E-state index contributed by atoms with van der Waals surface area (Å²) >= 11 is 0. The van der Waals surface area contributed by atoms with Crippen LogP contribution in [-0.4, -0.2) is 29.0 Å². The molecule has 1 N–H and O–H groups in total. The minimum atomic E-state index is -0.553. The maximum absolute atomic E-state index is 3.88. The Kier molecular flexibility index (Phi) is 1.53.